The van der Waals surface area contributed by atoms with E-state index in [-0.39, 0.29) is 17.5 Å². The number of aryl methyl sites for hydroxylation is 1. The molecule has 0 bridgehead atoms. The highest BCUT2D eigenvalue weighted by Gasteiger charge is 2.19. The molecular weight excluding hydrogens is 391 g/mol. The summed E-state index contributed by atoms with van der Waals surface area (Å²) in [6.07, 6.45) is 1.58. The standard InChI is InChI=1S/C21H17FN4O2S/c1-14-4-10-17(11-5-14)26-20(18-3-2-12-28-18)24-25-21(26)29-13-19(27)23-16-8-6-15(22)7-9-16/h2-12H,13H2,1H3,(H,23,27). The number of hydrogen-bond acceptors (Lipinski definition) is 5. The lowest BCUT2D eigenvalue weighted by molar-refractivity contribution is -0.113. The van der Waals surface area contributed by atoms with Crippen LogP contribution >= 0.6 is 11.8 Å². The Morgan fingerprint density at radius 2 is 1.86 bits per heavy atom. The zero-order valence-electron chi connectivity index (χ0n) is 15.5. The third-order valence-corrected chi connectivity index (χ3v) is 5.06. The van der Waals surface area contributed by atoms with Gasteiger partial charge in [0.25, 0.3) is 0 Å². The van der Waals surface area contributed by atoms with E-state index in [9.17, 15) is 9.18 Å². The molecule has 0 aliphatic rings. The lowest BCUT2D eigenvalue weighted by atomic mass is 10.2. The van der Waals surface area contributed by atoms with Crippen LogP contribution in [0.25, 0.3) is 17.3 Å². The Bertz CT molecular complexity index is 1110. The van der Waals surface area contributed by atoms with E-state index >= 15 is 0 Å². The molecular formula is C21H17FN4O2S. The van der Waals surface area contributed by atoms with Gasteiger partial charge in [-0.3, -0.25) is 9.36 Å². The summed E-state index contributed by atoms with van der Waals surface area (Å²) in [5.41, 5.74) is 2.54. The lowest BCUT2D eigenvalue weighted by Gasteiger charge is -2.10. The fraction of sp³-hybridized carbons (Fsp3) is 0.0952. The van der Waals surface area contributed by atoms with Gasteiger partial charge in [0.2, 0.25) is 11.7 Å². The highest BCUT2D eigenvalue weighted by atomic mass is 32.2. The van der Waals surface area contributed by atoms with Crippen molar-refractivity contribution < 1.29 is 13.6 Å². The Balaban J connectivity index is 1.56. The molecule has 1 amide bonds. The van der Waals surface area contributed by atoms with Crippen molar-refractivity contribution in [3.8, 4) is 17.3 Å². The van der Waals surface area contributed by atoms with Gasteiger partial charge in [0.1, 0.15) is 5.82 Å². The molecule has 0 unspecified atom stereocenters. The molecule has 146 valence electrons. The summed E-state index contributed by atoms with van der Waals surface area (Å²) in [4.78, 5) is 12.3. The van der Waals surface area contributed by atoms with Crippen molar-refractivity contribution >= 4 is 23.4 Å². The minimum atomic E-state index is -0.353. The third kappa shape index (κ3) is 4.38. The molecule has 2 aromatic heterocycles. The van der Waals surface area contributed by atoms with Gasteiger partial charge in [0.05, 0.1) is 12.0 Å². The molecule has 0 radical (unpaired) electrons. The van der Waals surface area contributed by atoms with Gasteiger partial charge in [-0.1, -0.05) is 29.5 Å². The van der Waals surface area contributed by atoms with Gasteiger partial charge in [-0.2, -0.15) is 0 Å². The summed E-state index contributed by atoms with van der Waals surface area (Å²) in [5, 5.41) is 11.8. The average molecular weight is 408 g/mol. The van der Waals surface area contributed by atoms with E-state index in [0.29, 0.717) is 22.4 Å². The lowest BCUT2D eigenvalue weighted by Crippen LogP contribution is -2.14. The summed E-state index contributed by atoms with van der Waals surface area (Å²) in [5.74, 6) is 0.689. The average Bonchev–Trinajstić information content (AvgIpc) is 3.38. The SMILES string of the molecule is Cc1ccc(-n2c(SCC(=O)Nc3ccc(F)cc3)nnc2-c2ccco2)cc1. The molecule has 0 spiro atoms. The van der Waals surface area contributed by atoms with Crippen LogP contribution in [0, 0.1) is 12.7 Å². The number of hydrogen-bond donors (Lipinski definition) is 1. The van der Waals surface area contributed by atoms with Crippen molar-refractivity contribution in [3.05, 3.63) is 78.3 Å². The molecule has 4 rings (SSSR count). The van der Waals surface area contributed by atoms with Gasteiger partial charge in [-0.05, 0) is 55.5 Å². The first-order valence-electron chi connectivity index (χ1n) is 8.85. The minimum Gasteiger partial charge on any atom is -0.461 e. The molecule has 0 saturated carbocycles. The molecule has 4 aromatic rings. The number of amides is 1. The van der Waals surface area contributed by atoms with E-state index in [2.05, 4.69) is 15.5 Å². The Morgan fingerprint density at radius 1 is 1.10 bits per heavy atom. The number of anilines is 1. The Kier molecular flexibility index (Phi) is 5.44. The van der Waals surface area contributed by atoms with Crippen molar-refractivity contribution in [1.29, 1.82) is 0 Å². The molecule has 0 atom stereocenters. The number of carbonyl (C=O) groups is 1. The van der Waals surface area contributed by atoms with Crippen LogP contribution in [-0.2, 0) is 4.79 Å². The van der Waals surface area contributed by atoms with Gasteiger partial charge in [-0.15, -0.1) is 10.2 Å². The zero-order valence-corrected chi connectivity index (χ0v) is 16.3. The van der Waals surface area contributed by atoms with Crippen molar-refractivity contribution in [3.63, 3.8) is 0 Å². The van der Waals surface area contributed by atoms with Crippen LogP contribution in [0.5, 0.6) is 0 Å². The second-order valence-corrected chi connectivity index (χ2v) is 7.24. The predicted octanol–water partition coefficient (Wildman–Crippen LogP) is 4.71. The molecule has 1 N–H and O–H groups in total. The third-order valence-electron chi connectivity index (χ3n) is 4.13. The summed E-state index contributed by atoms with van der Waals surface area (Å²) < 4.78 is 20.3. The Morgan fingerprint density at radius 3 is 2.55 bits per heavy atom. The monoisotopic (exact) mass is 408 g/mol. The number of halogens is 1. The number of rotatable bonds is 6. The van der Waals surface area contributed by atoms with Gasteiger partial charge >= 0.3 is 0 Å². The van der Waals surface area contributed by atoms with E-state index in [4.69, 9.17) is 4.42 Å². The van der Waals surface area contributed by atoms with Gasteiger partial charge in [0.15, 0.2) is 10.9 Å². The summed E-state index contributed by atoms with van der Waals surface area (Å²) in [7, 11) is 0. The van der Waals surface area contributed by atoms with Gasteiger partial charge in [0, 0.05) is 11.4 Å². The van der Waals surface area contributed by atoms with Crippen molar-refractivity contribution in [2.75, 3.05) is 11.1 Å². The number of thioether (sulfide) groups is 1. The van der Waals surface area contributed by atoms with Crippen LogP contribution in [0.2, 0.25) is 0 Å². The molecule has 2 aromatic carbocycles. The van der Waals surface area contributed by atoms with E-state index in [1.54, 1.807) is 12.3 Å². The van der Waals surface area contributed by atoms with Crippen molar-refractivity contribution in [1.82, 2.24) is 14.8 Å². The molecule has 29 heavy (non-hydrogen) atoms. The maximum atomic E-state index is 13.0. The second-order valence-electron chi connectivity index (χ2n) is 6.30. The number of nitrogens with one attached hydrogen (secondary N) is 1. The summed E-state index contributed by atoms with van der Waals surface area (Å²) >= 11 is 1.26. The molecule has 0 fully saturated rings. The van der Waals surface area contributed by atoms with Crippen LogP contribution in [0.4, 0.5) is 10.1 Å². The maximum Gasteiger partial charge on any atom is 0.234 e. The smallest absolute Gasteiger partial charge is 0.234 e. The highest BCUT2D eigenvalue weighted by Crippen LogP contribution is 2.28. The maximum absolute atomic E-state index is 13.0. The number of benzene rings is 2. The highest BCUT2D eigenvalue weighted by molar-refractivity contribution is 7.99. The predicted molar refractivity (Wildman–Crippen MR) is 110 cm³/mol. The Labute approximate surface area is 170 Å². The molecule has 0 saturated heterocycles. The fourth-order valence-electron chi connectivity index (χ4n) is 2.72. The van der Waals surface area contributed by atoms with E-state index in [1.807, 2.05) is 41.8 Å². The van der Waals surface area contributed by atoms with Gasteiger partial charge in [-0.25, -0.2) is 4.39 Å². The number of nitrogens with zero attached hydrogens (tertiary/aromatic N) is 3. The van der Waals surface area contributed by atoms with E-state index in [1.165, 1.54) is 36.0 Å². The first-order valence-corrected chi connectivity index (χ1v) is 9.83. The summed E-state index contributed by atoms with van der Waals surface area (Å²) in [6.45, 7) is 2.01. The first kappa shape index (κ1) is 18.9. The summed E-state index contributed by atoms with van der Waals surface area (Å²) in [6, 6.07) is 17.1. The van der Waals surface area contributed by atoms with Crippen LogP contribution in [0.15, 0.2) is 76.5 Å². The molecule has 0 aliphatic heterocycles. The van der Waals surface area contributed by atoms with E-state index in [0.717, 1.165) is 11.3 Å². The van der Waals surface area contributed by atoms with Crippen LogP contribution in [-0.4, -0.2) is 26.4 Å². The van der Waals surface area contributed by atoms with Crippen molar-refractivity contribution in [2.45, 2.75) is 12.1 Å². The Hall–Kier alpha value is -3.39. The zero-order chi connectivity index (χ0) is 20.2. The van der Waals surface area contributed by atoms with Crippen LogP contribution in [0.1, 0.15) is 5.56 Å². The molecule has 0 aliphatic carbocycles. The first-order chi connectivity index (χ1) is 14.1. The van der Waals surface area contributed by atoms with Gasteiger partial charge < -0.3 is 9.73 Å². The largest absolute Gasteiger partial charge is 0.461 e. The van der Waals surface area contributed by atoms with Crippen LogP contribution < -0.4 is 5.32 Å². The number of aromatic nitrogens is 3. The minimum absolute atomic E-state index is 0.125. The number of carbonyl (C=O) groups excluding carboxylic acids is 1. The fourth-order valence-corrected chi connectivity index (χ4v) is 3.47. The van der Waals surface area contributed by atoms with Crippen molar-refractivity contribution in [2.24, 2.45) is 0 Å². The second kappa shape index (κ2) is 8.32. The normalized spacial score (nSPS) is 10.8. The molecule has 6 nitrogen and oxygen atoms in total. The quantitative estimate of drug-likeness (QED) is 0.468. The molecule has 2 heterocycles. The number of furan rings is 1. The van der Waals surface area contributed by atoms with E-state index < -0.39 is 0 Å². The topological polar surface area (TPSA) is 73.0 Å². The molecule has 8 heteroatoms. The van der Waals surface area contributed by atoms with Crippen LogP contribution in [0.3, 0.4) is 0 Å².